The summed E-state index contributed by atoms with van der Waals surface area (Å²) in [5, 5.41) is 0. The molecule has 0 amide bonds. The van der Waals surface area contributed by atoms with Crippen LogP contribution in [0.15, 0.2) is 53.4 Å². The molecular weight excluding hydrogens is 306 g/mol. The highest BCUT2D eigenvalue weighted by Crippen LogP contribution is 2.26. The predicted octanol–water partition coefficient (Wildman–Crippen LogP) is 3.95. The first-order chi connectivity index (χ1) is 10.0. The fraction of sp³-hybridized carbons (Fsp3) is 0.250. The van der Waals surface area contributed by atoms with Crippen molar-refractivity contribution in [1.82, 2.24) is 0 Å². The van der Waals surface area contributed by atoms with Crippen molar-refractivity contribution in [2.24, 2.45) is 0 Å². The maximum Gasteiger partial charge on any atom is 0.264 e. The predicted molar refractivity (Wildman–Crippen MR) is 87.4 cm³/mol. The number of hydrogen-bond acceptors (Lipinski definition) is 2. The number of benzene rings is 2. The van der Waals surface area contributed by atoms with Crippen LogP contribution in [-0.4, -0.2) is 15.0 Å². The molecule has 0 radical (unpaired) electrons. The molecule has 0 aromatic heterocycles. The molecule has 0 fully saturated rings. The fourth-order valence-electron chi connectivity index (χ4n) is 2.23. The molecule has 0 aliphatic heterocycles. The summed E-state index contributed by atoms with van der Waals surface area (Å²) in [6.07, 6.45) is 0. The molecule has 0 bridgehead atoms. The second-order valence-electron chi connectivity index (χ2n) is 4.74. The molecule has 0 spiro atoms. The van der Waals surface area contributed by atoms with Gasteiger partial charge in [-0.25, -0.2) is 8.42 Å². The van der Waals surface area contributed by atoms with Gasteiger partial charge in [0.05, 0.1) is 10.6 Å². The van der Waals surface area contributed by atoms with Crippen molar-refractivity contribution in [3.8, 4) is 0 Å². The van der Waals surface area contributed by atoms with Crippen molar-refractivity contribution in [1.29, 1.82) is 0 Å². The van der Waals surface area contributed by atoms with Crippen LogP contribution in [0.1, 0.15) is 18.1 Å². The number of halogens is 1. The smallest absolute Gasteiger partial charge is 0.264 e. The van der Waals surface area contributed by atoms with Gasteiger partial charge in [0.15, 0.2) is 0 Å². The number of anilines is 1. The zero-order valence-corrected chi connectivity index (χ0v) is 13.7. The van der Waals surface area contributed by atoms with Gasteiger partial charge in [0.25, 0.3) is 10.0 Å². The van der Waals surface area contributed by atoms with E-state index in [1.807, 2.05) is 44.2 Å². The minimum atomic E-state index is -3.58. The van der Waals surface area contributed by atoms with E-state index in [2.05, 4.69) is 0 Å². The molecule has 0 aliphatic rings. The van der Waals surface area contributed by atoms with Crippen LogP contribution in [0, 0.1) is 6.92 Å². The summed E-state index contributed by atoms with van der Waals surface area (Å²) in [4.78, 5) is 0.269. The van der Waals surface area contributed by atoms with Crippen molar-refractivity contribution in [2.45, 2.75) is 24.6 Å². The molecule has 5 heteroatoms. The quantitative estimate of drug-likeness (QED) is 0.781. The van der Waals surface area contributed by atoms with Crippen LogP contribution in [0.5, 0.6) is 0 Å². The minimum Gasteiger partial charge on any atom is -0.266 e. The number of sulfonamides is 1. The van der Waals surface area contributed by atoms with Gasteiger partial charge in [0.1, 0.15) is 0 Å². The van der Waals surface area contributed by atoms with Crippen molar-refractivity contribution in [3.63, 3.8) is 0 Å². The first-order valence-corrected chi connectivity index (χ1v) is 8.71. The number of hydrogen-bond donors (Lipinski definition) is 0. The highest BCUT2D eigenvalue weighted by molar-refractivity contribution is 7.92. The van der Waals surface area contributed by atoms with Crippen LogP contribution in [0.25, 0.3) is 0 Å². The summed E-state index contributed by atoms with van der Waals surface area (Å²) in [5.41, 5.74) is 2.42. The number of rotatable bonds is 5. The molecule has 0 unspecified atom stereocenters. The lowest BCUT2D eigenvalue weighted by atomic mass is 10.2. The third-order valence-corrected chi connectivity index (χ3v) is 5.51. The Kier molecular flexibility index (Phi) is 4.91. The number of aryl methyl sites for hydroxylation is 1. The van der Waals surface area contributed by atoms with Gasteiger partial charge in [0, 0.05) is 12.4 Å². The van der Waals surface area contributed by atoms with Gasteiger partial charge in [-0.1, -0.05) is 30.3 Å². The summed E-state index contributed by atoms with van der Waals surface area (Å²) in [5.74, 6) is 0.292. The lowest BCUT2D eigenvalue weighted by Crippen LogP contribution is -2.31. The van der Waals surface area contributed by atoms with Gasteiger partial charge in [-0.2, -0.15) is 0 Å². The molecule has 2 aromatic rings. The SMILES string of the molecule is CCN(c1ccccc1C)S(=O)(=O)c1cccc(CCl)c1. The summed E-state index contributed by atoms with van der Waals surface area (Å²) in [7, 11) is -3.58. The van der Waals surface area contributed by atoms with Crippen LogP contribution >= 0.6 is 11.6 Å². The van der Waals surface area contributed by atoms with Crippen LogP contribution < -0.4 is 4.31 Å². The lowest BCUT2D eigenvalue weighted by Gasteiger charge is -2.24. The van der Waals surface area contributed by atoms with Crippen molar-refractivity contribution in [3.05, 3.63) is 59.7 Å². The van der Waals surface area contributed by atoms with Crippen LogP contribution in [0.4, 0.5) is 5.69 Å². The Balaban J connectivity index is 2.52. The lowest BCUT2D eigenvalue weighted by molar-refractivity contribution is 0.591. The van der Waals surface area contributed by atoms with E-state index in [4.69, 9.17) is 11.6 Å². The molecule has 0 aliphatic carbocycles. The first-order valence-electron chi connectivity index (χ1n) is 6.74. The van der Waals surface area contributed by atoms with Crippen molar-refractivity contribution < 1.29 is 8.42 Å². The van der Waals surface area contributed by atoms with Gasteiger partial charge in [-0.05, 0) is 43.2 Å². The van der Waals surface area contributed by atoms with E-state index in [0.29, 0.717) is 18.1 Å². The number of alkyl halides is 1. The van der Waals surface area contributed by atoms with Gasteiger partial charge in [0.2, 0.25) is 0 Å². The highest BCUT2D eigenvalue weighted by Gasteiger charge is 2.24. The molecule has 0 heterocycles. The van der Waals surface area contributed by atoms with E-state index in [1.165, 1.54) is 4.31 Å². The Morgan fingerprint density at radius 1 is 1.10 bits per heavy atom. The monoisotopic (exact) mass is 323 g/mol. The van der Waals surface area contributed by atoms with Crippen LogP contribution in [0.3, 0.4) is 0 Å². The second kappa shape index (κ2) is 6.50. The maximum atomic E-state index is 12.9. The molecular formula is C16H18ClNO2S. The summed E-state index contributed by atoms with van der Waals surface area (Å²) < 4.78 is 27.2. The van der Waals surface area contributed by atoms with Gasteiger partial charge in [-0.3, -0.25) is 4.31 Å². The zero-order chi connectivity index (χ0) is 15.5. The van der Waals surface area contributed by atoms with Crippen molar-refractivity contribution >= 4 is 27.3 Å². The summed E-state index contributed by atoms with van der Waals surface area (Å²) >= 11 is 5.80. The molecule has 2 aromatic carbocycles. The Hall–Kier alpha value is -1.52. The van der Waals surface area contributed by atoms with Crippen LogP contribution in [0.2, 0.25) is 0 Å². The van der Waals surface area contributed by atoms with E-state index >= 15 is 0 Å². The molecule has 0 saturated carbocycles. The van der Waals surface area contributed by atoms with E-state index in [-0.39, 0.29) is 4.90 Å². The molecule has 3 nitrogen and oxygen atoms in total. The molecule has 0 atom stereocenters. The van der Waals surface area contributed by atoms with Crippen LogP contribution in [-0.2, 0) is 15.9 Å². The van der Waals surface area contributed by atoms with E-state index < -0.39 is 10.0 Å². The Labute approximate surface area is 131 Å². The molecule has 0 saturated heterocycles. The standard InChI is InChI=1S/C16H18ClNO2S/c1-3-18(16-10-5-4-7-13(16)2)21(19,20)15-9-6-8-14(11-15)12-17/h4-11H,3,12H2,1-2H3. The number of nitrogens with zero attached hydrogens (tertiary/aromatic N) is 1. The highest BCUT2D eigenvalue weighted by atomic mass is 35.5. The molecule has 21 heavy (non-hydrogen) atoms. The van der Waals surface area contributed by atoms with Gasteiger partial charge < -0.3 is 0 Å². The third-order valence-electron chi connectivity index (χ3n) is 3.31. The topological polar surface area (TPSA) is 37.4 Å². The summed E-state index contributed by atoms with van der Waals surface area (Å²) in [6, 6.07) is 14.2. The third kappa shape index (κ3) is 3.22. The molecule has 112 valence electrons. The Bertz CT molecular complexity index is 729. The van der Waals surface area contributed by atoms with Crippen molar-refractivity contribution in [2.75, 3.05) is 10.8 Å². The average molecular weight is 324 g/mol. The maximum absolute atomic E-state index is 12.9. The molecule has 2 rings (SSSR count). The van der Waals surface area contributed by atoms with E-state index in [9.17, 15) is 8.42 Å². The van der Waals surface area contributed by atoms with E-state index in [0.717, 1.165) is 11.1 Å². The average Bonchev–Trinajstić information content (AvgIpc) is 2.50. The first kappa shape index (κ1) is 15.9. The minimum absolute atomic E-state index is 0.269. The largest absolute Gasteiger partial charge is 0.266 e. The number of para-hydroxylation sites is 1. The summed E-state index contributed by atoms with van der Waals surface area (Å²) in [6.45, 7) is 4.11. The van der Waals surface area contributed by atoms with Gasteiger partial charge in [-0.15, -0.1) is 11.6 Å². The second-order valence-corrected chi connectivity index (χ2v) is 6.87. The molecule has 0 N–H and O–H groups in total. The van der Waals surface area contributed by atoms with E-state index in [1.54, 1.807) is 18.2 Å². The Morgan fingerprint density at radius 2 is 1.81 bits per heavy atom. The van der Waals surface area contributed by atoms with Gasteiger partial charge >= 0.3 is 0 Å². The normalized spacial score (nSPS) is 11.4. The Morgan fingerprint density at radius 3 is 2.43 bits per heavy atom. The fourth-order valence-corrected chi connectivity index (χ4v) is 4.00. The zero-order valence-electron chi connectivity index (χ0n) is 12.1.